The number of carboxylic acids is 1. The number of benzene rings is 2. The van der Waals surface area contributed by atoms with Gasteiger partial charge in [-0.3, -0.25) is 0 Å². The first-order valence-corrected chi connectivity index (χ1v) is 6.71. The maximum Gasteiger partial charge on any atom is 0.335 e. The number of nitrogens with one attached hydrogen (secondary N) is 1. The maximum atomic E-state index is 11.0. The van der Waals surface area contributed by atoms with E-state index in [2.05, 4.69) is 15.3 Å². The molecule has 5 nitrogen and oxygen atoms in total. The van der Waals surface area contributed by atoms with E-state index in [0.29, 0.717) is 11.6 Å². The Morgan fingerprint density at radius 3 is 2.59 bits per heavy atom. The average Bonchev–Trinajstić information content (AvgIpc) is 2.56. The van der Waals surface area contributed by atoms with Crippen molar-refractivity contribution in [3.8, 4) is 11.3 Å². The number of hydrogen-bond donors (Lipinski definition) is 2. The number of aromatic nitrogens is 2. The van der Waals surface area contributed by atoms with Gasteiger partial charge in [0.15, 0.2) is 0 Å². The van der Waals surface area contributed by atoms with E-state index in [9.17, 15) is 4.79 Å². The minimum atomic E-state index is -0.960. The van der Waals surface area contributed by atoms with Gasteiger partial charge in [0.05, 0.1) is 11.3 Å². The second-order valence-electron chi connectivity index (χ2n) is 4.64. The van der Waals surface area contributed by atoms with Crippen LogP contribution in [-0.2, 0) is 0 Å². The second kappa shape index (κ2) is 6.05. The Morgan fingerprint density at radius 1 is 1.00 bits per heavy atom. The van der Waals surface area contributed by atoms with Gasteiger partial charge in [-0.2, -0.15) is 0 Å². The lowest BCUT2D eigenvalue weighted by Crippen LogP contribution is -1.99. The predicted octanol–water partition coefficient (Wildman–Crippen LogP) is 3.59. The fourth-order valence-corrected chi connectivity index (χ4v) is 2.04. The molecule has 2 aromatic carbocycles. The highest BCUT2D eigenvalue weighted by Gasteiger charge is 2.07. The molecule has 1 heterocycles. The molecule has 0 bridgehead atoms. The zero-order valence-corrected chi connectivity index (χ0v) is 11.6. The quantitative estimate of drug-likeness (QED) is 0.768. The second-order valence-corrected chi connectivity index (χ2v) is 4.64. The summed E-state index contributed by atoms with van der Waals surface area (Å²) in [6.07, 6.45) is 1.64. The Hall–Kier alpha value is -3.21. The zero-order chi connectivity index (χ0) is 15.4. The molecule has 22 heavy (non-hydrogen) atoms. The standard InChI is InChI=1S/C17H13N3O2/c21-16(22)13-6-4-5-12(11-13)15-9-10-18-17(20-15)19-14-7-2-1-3-8-14/h1-11H,(H,21,22)(H,18,19,20). The first-order valence-electron chi connectivity index (χ1n) is 6.71. The van der Waals surface area contributed by atoms with E-state index in [-0.39, 0.29) is 5.56 Å². The van der Waals surface area contributed by atoms with Gasteiger partial charge in [-0.25, -0.2) is 14.8 Å². The van der Waals surface area contributed by atoms with Crippen LogP contribution in [0.4, 0.5) is 11.6 Å². The van der Waals surface area contributed by atoms with Crippen LogP contribution in [0, 0.1) is 0 Å². The molecular weight excluding hydrogens is 278 g/mol. The highest BCUT2D eigenvalue weighted by Crippen LogP contribution is 2.20. The van der Waals surface area contributed by atoms with E-state index in [1.807, 2.05) is 36.4 Å². The summed E-state index contributed by atoms with van der Waals surface area (Å²) in [6.45, 7) is 0. The molecular formula is C17H13N3O2. The zero-order valence-electron chi connectivity index (χ0n) is 11.6. The van der Waals surface area contributed by atoms with Crippen LogP contribution in [-0.4, -0.2) is 21.0 Å². The van der Waals surface area contributed by atoms with Crippen molar-refractivity contribution < 1.29 is 9.90 Å². The molecule has 0 spiro atoms. The van der Waals surface area contributed by atoms with Gasteiger partial charge in [-0.15, -0.1) is 0 Å². The van der Waals surface area contributed by atoms with Crippen molar-refractivity contribution in [2.24, 2.45) is 0 Å². The summed E-state index contributed by atoms with van der Waals surface area (Å²) in [5.41, 5.74) is 2.52. The van der Waals surface area contributed by atoms with Crippen LogP contribution in [0.25, 0.3) is 11.3 Å². The lowest BCUT2D eigenvalue weighted by Gasteiger charge is -2.07. The SMILES string of the molecule is O=C(O)c1cccc(-c2ccnc(Nc3ccccc3)n2)c1. The number of nitrogens with zero attached hydrogens (tertiary/aromatic N) is 2. The third-order valence-corrected chi connectivity index (χ3v) is 3.09. The molecule has 0 amide bonds. The van der Waals surface area contributed by atoms with Crippen molar-refractivity contribution >= 4 is 17.6 Å². The van der Waals surface area contributed by atoms with E-state index in [0.717, 1.165) is 11.3 Å². The fraction of sp³-hybridized carbons (Fsp3) is 0. The van der Waals surface area contributed by atoms with E-state index in [4.69, 9.17) is 5.11 Å². The summed E-state index contributed by atoms with van der Waals surface area (Å²) in [5, 5.41) is 12.2. The number of aromatic carboxylic acids is 1. The number of anilines is 2. The number of rotatable bonds is 4. The highest BCUT2D eigenvalue weighted by molar-refractivity contribution is 5.89. The van der Waals surface area contributed by atoms with Crippen molar-refractivity contribution in [3.63, 3.8) is 0 Å². The molecule has 3 rings (SSSR count). The van der Waals surface area contributed by atoms with Crippen molar-refractivity contribution in [2.75, 3.05) is 5.32 Å². The Labute approximate surface area is 127 Å². The van der Waals surface area contributed by atoms with Gasteiger partial charge in [0.25, 0.3) is 0 Å². The van der Waals surface area contributed by atoms with E-state index in [1.54, 1.807) is 30.5 Å². The molecule has 0 unspecified atom stereocenters. The summed E-state index contributed by atoms with van der Waals surface area (Å²) in [7, 11) is 0. The largest absolute Gasteiger partial charge is 0.478 e. The maximum absolute atomic E-state index is 11.0. The van der Waals surface area contributed by atoms with Crippen LogP contribution in [0.5, 0.6) is 0 Å². The fourth-order valence-electron chi connectivity index (χ4n) is 2.04. The van der Waals surface area contributed by atoms with Gasteiger partial charge in [-0.1, -0.05) is 30.3 Å². The number of para-hydroxylation sites is 1. The van der Waals surface area contributed by atoms with Crippen LogP contribution in [0.1, 0.15) is 10.4 Å². The van der Waals surface area contributed by atoms with Gasteiger partial charge in [0.2, 0.25) is 5.95 Å². The van der Waals surface area contributed by atoms with Crippen LogP contribution in [0.15, 0.2) is 66.9 Å². The van der Waals surface area contributed by atoms with Gasteiger partial charge in [0, 0.05) is 17.4 Å². The predicted molar refractivity (Wildman–Crippen MR) is 84.2 cm³/mol. The van der Waals surface area contributed by atoms with Crippen LogP contribution in [0.3, 0.4) is 0 Å². The minimum absolute atomic E-state index is 0.230. The normalized spacial score (nSPS) is 10.2. The smallest absolute Gasteiger partial charge is 0.335 e. The first-order chi connectivity index (χ1) is 10.7. The molecule has 0 aliphatic heterocycles. The topological polar surface area (TPSA) is 75.1 Å². The molecule has 0 atom stereocenters. The van der Waals surface area contributed by atoms with Crippen LogP contribution < -0.4 is 5.32 Å². The molecule has 108 valence electrons. The van der Waals surface area contributed by atoms with Gasteiger partial charge >= 0.3 is 5.97 Å². The van der Waals surface area contributed by atoms with Crippen molar-refractivity contribution in [3.05, 3.63) is 72.4 Å². The molecule has 0 radical (unpaired) electrons. The van der Waals surface area contributed by atoms with Crippen molar-refractivity contribution in [1.82, 2.24) is 9.97 Å². The molecule has 0 saturated heterocycles. The summed E-state index contributed by atoms with van der Waals surface area (Å²) >= 11 is 0. The molecule has 3 aromatic rings. The summed E-state index contributed by atoms with van der Waals surface area (Å²) in [4.78, 5) is 19.7. The van der Waals surface area contributed by atoms with E-state index >= 15 is 0 Å². The molecule has 1 aromatic heterocycles. The monoisotopic (exact) mass is 291 g/mol. The van der Waals surface area contributed by atoms with E-state index < -0.39 is 5.97 Å². The van der Waals surface area contributed by atoms with Gasteiger partial charge in [0.1, 0.15) is 0 Å². The molecule has 0 aliphatic carbocycles. The molecule has 0 saturated carbocycles. The number of carboxylic acid groups (broad SMARTS) is 1. The average molecular weight is 291 g/mol. The van der Waals surface area contributed by atoms with Gasteiger partial charge < -0.3 is 10.4 Å². The third kappa shape index (κ3) is 3.09. The number of carbonyl (C=O) groups is 1. The lowest BCUT2D eigenvalue weighted by molar-refractivity contribution is 0.0697. The first kappa shape index (κ1) is 13.8. The summed E-state index contributed by atoms with van der Waals surface area (Å²) in [6, 6.07) is 18.0. The summed E-state index contributed by atoms with van der Waals surface area (Å²) in [5.74, 6) is -0.497. The molecule has 0 aliphatic rings. The van der Waals surface area contributed by atoms with Crippen LogP contribution >= 0.6 is 0 Å². The Morgan fingerprint density at radius 2 is 1.82 bits per heavy atom. The van der Waals surface area contributed by atoms with Gasteiger partial charge in [-0.05, 0) is 30.3 Å². The Balaban J connectivity index is 1.91. The van der Waals surface area contributed by atoms with Crippen LogP contribution in [0.2, 0.25) is 0 Å². The number of hydrogen-bond acceptors (Lipinski definition) is 4. The lowest BCUT2D eigenvalue weighted by atomic mass is 10.1. The minimum Gasteiger partial charge on any atom is -0.478 e. The summed E-state index contributed by atoms with van der Waals surface area (Å²) < 4.78 is 0. The molecule has 5 heteroatoms. The Kier molecular flexibility index (Phi) is 3.78. The highest BCUT2D eigenvalue weighted by atomic mass is 16.4. The van der Waals surface area contributed by atoms with E-state index in [1.165, 1.54) is 0 Å². The molecule has 2 N–H and O–H groups in total. The van der Waals surface area contributed by atoms with Crippen molar-refractivity contribution in [2.45, 2.75) is 0 Å². The Bertz CT molecular complexity index is 804. The van der Waals surface area contributed by atoms with Crippen molar-refractivity contribution in [1.29, 1.82) is 0 Å². The third-order valence-electron chi connectivity index (χ3n) is 3.09. The molecule has 0 fully saturated rings.